The maximum Gasteiger partial charge on any atom is 0.270 e. The van der Waals surface area contributed by atoms with Crippen LogP contribution in [0.5, 0.6) is 0 Å². The second-order valence-corrected chi connectivity index (χ2v) is 6.72. The van der Waals surface area contributed by atoms with Crippen molar-refractivity contribution < 1.29 is 4.79 Å². The number of hydrogen-bond acceptors (Lipinski definition) is 3. The van der Waals surface area contributed by atoms with E-state index in [1.807, 2.05) is 24.3 Å². The first kappa shape index (κ1) is 13.1. The minimum Gasteiger partial charge on any atom is -0.353 e. The van der Waals surface area contributed by atoms with Crippen LogP contribution in [0.25, 0.3) is 21.8 Å². The van der Waals surface area contributed by atoms with Gasteiger partial charge in [-0.1, -0.05) is 18.2 Å². The minimum absolute atomic E-state index is 0.0727. The van der Waals surface area contributed by atoms with Crippen molar-refractivity contribution in [2.45, 2.75) is 24.9 Å². The van der Waals surface area contributed by atoms with E-state index in [0.717, 1.165) is 34.8 Å². The smallest absolute Gasteiger partial charge is 0.270 e. The van der Waals surface area contributed by atoms with Crippen LogP contribution in [0.15, 0.2) is 36.5 Å². The summed E-state index contributed by atoms with van der Waals surface area (Å²) in [6, 6.07) is 10.7. The zero-order chi connectivity index (χ0) is 15.4. The molecule has 5 heteroatoms. The minimum atomic E-state index is -0.0727. The molecule has 2 fully saturated rings. The number of nitrogens with one attached hydrogen (secondary N) is 3. The molecule has 1 saturated carbocycles. The molecule has 3 heterocycles. The number of piperidine rings is 1. The predicted molar refractivity (Wildman–Crippen MR) is 89.4 cm³/mol. The molecule has 2 aromatic heterocycles. The molecule has 0 radical (unpaired) electrons. The van der Waals surface area contributed by atoms with Gasteiger partial charge < -0.3 is 15.6 Å². The number of carbonyl (C=O) groups is 1. The lowest BCUT2D eigenvalue weighted by Gasteiger charge is -2.23. The van der Waals surface area contributed by atoms with Gasteiger partial charge in [-0.15, -0.1) is 0 Å². The molecule has 3 atom stereocenters. The Labute approximate surface area is 133 Å². The summed E-state index contributed by atoms with van der Waals surface area (Å²) in [7, 11) is 0. The first-order valence-corrected chi connectivity index (χ1v) is 8.18. The van der Waals surface area contributed by atoms with Crippen LogP contribution in [0.3, 0.4) is 0 Å². The molecular formula is C18H18N4O. The number of amides is 1. The summed E-state index contributed by atoms with van der Waals surface area (Å²) >= 11 is 0. The molecule has 1 aromatic carbocycles. The fourth-order valence-corrected chi connectivity index (χ4v) is 4.13. The highest BCUT2D eigenvalue weighted by Gasteiger charge is 2.40. The number of nitrogens with zero attached hydrogens (tertiary/aromatic N) is 1. The molecular weight excluding hydrogens is 288 g/mol. The molecule has 3 N–H and O–H groups in total. The lowest BCUT2D eigenvalue weighted by Crippen LogP contribution is -2.48. The quantitative estimate of drug-likeness (QED) is 0.680. The van der Waals surface area contributed by atoms with Crippen LogP contribution in [0.2, 0.25) is 0 Å². The first-order valence-electron chi connectivity index (χ1n) is 8.18. The van der Waals surface area contributed by atoms with Gasteiger partial charge in [0, 0.05) is 28.4 Å². The summed E-state index contributed by atoms with van der Waals surface area (Å²) in [6.45, 7) is 1.09. The number of para-hydroxylation sites is 1. The van der Waals surface area contributed by atoms with Gasteiger partial charge in [0.1, 0.15) is 5.69 Å². The Balaban J connectivity index is 1.47. The number of hydrogen-bond donors (Lipinski definition) is 3. The van der Waals surface area contributed by atoms with Gasteiger partial charge in [0.25, 0.3) is 5.91 Å². The second kappa shape index (κ2) is 4.80. The van der Waals surface area contributed by atoms with E-state index >= 15 is 0 Å². The van der Waals surface area contributed by atoms with E-state index in [4.69, 9.17) is 0 Å². The average molecular weight is 306 g/mol. The number of pyridine rings is 1. The van der Waals surface area contributed by atoms with Crippen molar-refractivity contribution in [3.8, 4) is 0 Å². The van der Waals surface area contributed by atoms with Crippen molar-refractivity contribution in [3.63, 3.8) is 0 Å². The van der Waals surface area contributed by atoms with Crippen LogP contribution < -0.4 is 10.6 Å². The number of H-pyrrole nitrogens is 1. The van der Waals surface area contributed by atoms with E-state index in [1.54, 1.807) is 6.20 Å². The molecule has 2 bridgehead atoms. The summed E-state index contributed by atoms with van der Waals surface area (Å²) in [5.41, 5.74) is 2.52. The van der Waals surface area contributed by atoms with E-state index in [9.17, 15) is 4.79 Å². The van der Waals surface area contributed by atoms with Crippen LogP contribution in [0, 0.1) is 5.92 Å². The van der Waals surface area contributed by atoms with Crippen LogP contribution in [0.4, 0.5) is 0 Å². The van der Waals surface area contributed by atoms with Crippen molar-refractivity contribution in [2.24, 2.45) is 5.92 Å². The Morgan fingerprint density at radius 3 is 2.91 bits per heavy atom. The average Bonchev–Trinajstić information content (AvgIpc) is 3.27. The fourth-order valence-electron chi connectivity index (χ4n) is 4.13. The molecule has 3 unspecified atom stereocenters. The lowest BCUT2D eigenvalue weighted by molar-refractivity contribution is 0.0923. The molecule has 116 valence electrons. The Kier molecular flexibility index (Phi) is 2.73. The zero-order valence-electron chi connectivity index (χ0n) is 12.7. The van der Waals surface area contributed by atoms with Crippen LogP contribution in [-0.4, -0.2) is 34.5 Å². The van der Waals surface area contributed by atoms with Crippen LogP contribution in [0.1, 0.15) is 23.3 Å². The highest BCUT2D eigenvalue weighted by molar-refractivity contribution is 6.09. The standard InChI is InChI=1S/C18H18N4O/c23-18(22-15-6-10-5-14(15)19-8-10)16-7-12-11-3-1-2-4-13(11)21-17(12)9-20-16/h1-4,7,9-10,14-15,19,21H,5-6,8H2,(H,22,23). The van der Waals surface area contributed by atoms with Gasteiger partial charge in [0.15, 0.2) is 0 Å². The fraction of sp³-hybridized carbons (Fsp3) is 0.333. The molecule has 1 aliphatic heterocycles. The number of rotatable bonds is 2. The topological polar surface area (TPSA) is 69.8 Å². The van der Waals surface area contributed by atoms with Gasteiger partial charge in [-0.25, -0.2) is 4.98 Å². The Morgan fingerprint density at radius 2 is 2.09 bits per heavy atom. The van der Waals surface area contributed by atoms with Gasteiger partial charge in [-0.2, -0.15) is 0 Å². The van der Waals surface area contributed by atoms with Crippen molar-refractivity contribution >= 4 is 27.7 Å². The Bertz CT molecular complexity index is 916. The summed E-state index contributed by atoms with van der Waals surface area (Å²) in [5.74, 6) is 0.644. The van der Waals surface area contributed by atoms with E-state index in [0.29, 0.717) is 17.7 Å². The number of carbonyl (C=O) groups excluding carboxylic acids is 1. The SMILES string of the molecule is O=C(NC1CC2CNC1C2)c1cc2c(cn1)[nH]c1ccccc12. The second-order valence-electron chi connectivity index (χ2n) is 6.72. The third-order valence-electron chi connectivity index (χ3n) is 5.27. The largest absolute Gasteiger partial charge is 0.353 e. The molecule has 1 aliphatic carbocycles. The molecule has 1 saturated heterocycles. The molecule has 23 heavy (non-hydrogen) atoms. The van der Waals surface area contributed by atoms with Crippen LogP contribution >= 0.6 is 0 Å². The highest BCUT2D eigenvalue weighted by Crippen LogP contribution is 2.31. The van der Waals surface area contributed by atoms with Gasteiger partial charge in [-0.3, -0.25) is 4.79 Å². The lowest BCUT2D eigenvalue weighted by atomic mass is 10.1. The third kappa shape index (κ3) is 2.04. The highest BCUT2D eigenvalue weighted by atomic mass is 16.1. The maximum absolute atomic E-state index is 12.6. The number of aromatic amines is 1. The van der Waals surface area contributed by atoms with Gasteiger partial charge in [0.2, 0.25) is 0 Å². The number of fused-ring (bicyclic) bond motifs is 5. The zero-order valence-corrected chi connectivity index (χ0v) is 12.7. The van der Waals surface area contributed by atoms with Crippen molar-refractivity contribution in [3.05, 3.63) is 42.2 Å². The van der Waals surface area contributed by atoms with Crippen molar-refractivity contribution in [2.75, 3.05) is 6.54 Å². The maximum atomic E-state index is 12.6. The summed E-state index contributed by atoms with van der Waals surface area (Å²) in [6.07, 6.45) is 4.02. The van der Waals surface area contributed by atoms with Crippen molar-refractivity contribution in [1.29, 1.82) is 0 Å². The van der Waals surface area contributed by atoms with E-state index in [2.05, 4.69) is 26.7 Å². The van der Waals surface area contributed by atoms with E-state index < -0.39 is 0 Å². The molecule has 2 aliphatic rings. The molecule has 1 amide bonds. The molecule has 0 spiro atoms. The first-order chi connectivity index (χ1) is 11.3. The van der Waals surface area contributed by atoms with Crippen LogP contribution in [-0.2, 0) is 0 Å². The Hall–Kier alpha value is -2.40. The molecule has 3 aromatic rings. The van der Waals surface area contributed by atoms with Crippen molar-refractivity contribution in [1.82, 2.24) is 20.6 Å². The van der Waals surface area contributed by atoms with Gasteiger partial charge in [0.05, 0.1) is 11.7 Å². The predicted octanol–water partition coefficient (Wildman–Crippen LogP) is 2.20. The molecule has 5 nitrogen and oxygen atoms in total. The van der Waals surface area contributed by atoms with Gasteiger partial charge in [-0.05, 0) is 37.4 Å². The summed E-state index contributed by atoms with van der Waals surface area (Å²) in [4.78, 5) is 20.2. The normalized spacial score (nSPS) is 26.2. The summed E-state index contributed by atoms with van der Waals surface area (Å²) < 4.78 is 0. The third-order valence-corrected chi connectivity index (χ3v) is 5.27. The van der Waals surface area contributed by atoms with E-state index in [-0.39, 0.29) is 11.9 Å². The molecule has 5 rings (SSSR count). The van der Waals surface area contributed by atoms with E-state index in [1.165, 1.54) is 6.42 Å². The Morgan fingerprint density at radius 1 is 1.17 bits per heavy atom. The van der Waals surface area contributed by atoms with Gasteiger partial charge >= 0.3 is 0 Å². The number of benzene rings is 1. The monoisotopic (exact) mass is 306 g/mol. The number of aromatic nitrogens is 2. The summed E-state index contributed by atoms with van der Waals surface area (Å²) in [5, 5.41) is 8.80.